The minimum atomic E-state index is -0.851. The zero-order chi connectivity index (χ0) is 35.3. The van der Waals surface area contributed by atoms with Crippen LogP contribution >= 0.6 is 35.3 Å². The van der Waals surface area contributed by atoms with Gasteiger partial charge in [0.05, 0.1) is 40.0 Å². The zero-order valence-corrected chi connectivity index (χ0v) is 32.9. The van der Waals surface area contributed by atoms with Crippen LogP contribution < -0.4 is 10.6 Å². The van der Waals surface area contributed by atoms with Crippen molar-refractivity contribution in [3.05, 3.63) is 42.8 Å². The summed E-state index contributed by atoms with van der Waals surface area (Å²) < 4.78 is 0.300. The largest absolute Gasteiger partial charge is 0.477 e. The van der Waals surface area contributed by atoms with Gasteiger partial charge in [0.25, 0.3) is 0 Å². The molecule has 0 spiro atoms. The van der Waals surface area contributed by atoms with E-state index in [-0.39, 0.29) is 46.4 Å². The molecule has 0 saturated carbocycles. The summed E-state index contributed by atoms with van der Waals surface area (Å²) >= 11 is 7.93. The van der Waals surface area contributed by atoms with Crippen LogP contribution in [0.25, 0.3) is 0 Å². The number of hydrogen-bond donors (Lipinski definition) is 4. The van der Waals surface area contributed by atoms with Crippen molar-refractivity contribution >= 4 is 53.1 Å². The van der Waals surface area contributed by atoms with Gasteiger partial charge in [-0.05, 0) is 46.9 Å². The molecule has 2 aromatic rings. The maximum absolute atomic E-state index is 13.3. The predicted molar refractivity (Wildman–Crippen MR) is 198 cm³/mol. The van der Waals surface area contributed by atoms with E-state index in [1.165, 1.54) is 19.5 Å². The Balaban J connectivity index is 2.55. The minimum Gasteiger partial charge on any atom is -0.477 e. The summed E-state index contributed by atoms with van der Waals surface area (Å²) in [5, 5.41) is 15.2. The molecule has 260 valence electrons. The SMILES string of the molecule is CCC(C)(C)c1sc(C(C)(C)C(C)(CC)c2sc(C(C)(C)C)cc2CC(=O)NCCS)cc1CC(=O)NCC[N+](C)(C)CC(=O)O. The molecule has 2 amide bonds. The van der Waals surface area contributed by atoms with Gasteiger partial charge in [-0.2, -0.15) is 12.6 Å². The van der Waals surface area contributed by atoms with Crippen LogP contribution in [-0.2, 0) is 48.9 Å². The maximum Gasteiger partial charge on any atom is 0.359 e. The first-order valence-corrected chi connectivity index (χ1v) is 18.8. The summed E-state index contributed by atoms with van der Waals surface area (Å²) in [6, 6.07) is 4.50. The highest BCUT2D eigenvalue weighted by Gasteiger charge is 2.47. The van der Waals surface area contributed by atoms with E-state index < -0.39 is 5.97 Å². The molecular weight excluding hydrogens is 635 g/mol. The number of carbonyl (C=O) groups is 3. The summed E-state index contributed by atoms with van der Waals surface area (Å²) in [4.78, 5) is 42.5. The molecular formula is C36H60N3O4S3+. The number of quaternary nitrogens is 1. The van der Waals surface area contributed by atoms with Crippen molar-refractivity contribution < 1.29 is 24.0 Å². The lowest BCUT2D eigenvalue weighted by atomic mass is 9.62. The van der Waals surface area contributed by atoms with Crippen molar-refractivity contribution in [2.75, 3.05) is 46.0 Å². The number of rotatable bonds is 17. The van der Waals surface area contributed by atoms with Gasteiger partial charge in [0.15, 0.2) is 6.54 Å². The Bertz CT molecular complexity index is 1370. The lowest BCUT2D eigenvalue weighted by Crippen LogP contribution is -2.48. The van der Waals surface area contributed by atoms with E-state index in [2.05, 4.69) is 105 Å². The topological polar surface area (TPSA) is 95.5 Å². The number of amides is 2. The predicted octanol–water partition coefficient (Wildman–Crippen LogP) is 6.85. The molecule has 0 aliphatic rings. The van der Waals surface area contributed by atoms with Crippen LogP contribution in [-0.4, -0.2) is 73.4 Å². The molecule has 0 aliphatic carbocycles. The second-order valence-corrected chi connectivity index (χ2v) is 18.3. The second kappa shape index (κ2) is 15.6. The van der Waals surface area contributed by atoms with Crippen LogP contribution in [0.1, 0.15) is 113 Å². The van der Waals surface area contributed by atoms with E-state index in [0.29, 0.717) is 36.3 Å². The number of hydrogen-bond acceptors (Lipinski definition) is 6. The van der Waals surface area contributed by atoms with E-state index in [1.54, 1.807) is 0 Å². The number of aliphatic carboxylic acids is 1. The lowest BCUT2D eigenvalue weighted by molar-refractivity contribution is -0.881. The molecule has 7 nitrogen and oxygen atoms in total. The number of nitrogens with zero attached hydrogens (tertiary/aromatic N) is 1. The first-order valence-electron chi connectivity index (χ1n) is 16.5. The molecule has 0 radical (unpaired) electrons. The van der Waals surface area contributed by atoms with Gasteiger partial charge in [-0.3, -0.25) is 9.59 Å². The monoisotopic (exact) mass is 694 g/mol. The average molecular weight is 695 g/mol. The minimum absolute atomic E-state index is 0.00735. The average Bonchev–Trinajstić information content (AvgIpc) is 3.56. The van der Waals surface area contributed by atoms with E-state index in [9.17, 15) is 19.5 Å². The molecule has 2 heterocycles. The molecule has 2 rings (SSSR count). The highest BCUT2D eigenvalue weighted by molar-refractivity contribution is 7.80. The lowest BCUT2D eigenvalue weighted by Gasteiger charge is -2.44. The van der Waals surface area contributed by atoms with Gasteiger partial charge < -0.3 is 20.2 Å². The van der Waals surface area contributed by atoms with Gasteiger partial charge >= 0.3 is 5.97 Å². The Morgan fingerprint density at radius 1 is 0.804 bits per heavy atom. The van der Waals surface area contributed by atoms with Gasteiger partial charge in [0, 0.05) is 42.6 Å². The van der Waals surface area contributed by atoms with Crippen molar-refractivity contribution in [1.29, 1.82) is 0 Å². The number of thiol groups is 1. The normalized spacial score (nSPS) is 14.2. The fourth-order valence-electron chi connectivity index (χ4n) is 5.77. The van der Waals surface area contributed by atoms with Crippen LogP contribution in [0.4, 0.5) is 0 Å². The highest BCUT2D eigenvalue weighted by atomic mass is 32.1. The quantitative estimate of drug-likeness (QED) is 0.108. The Morgan fingerprint density at radius 3 is 1.78 bits per heavy atom. The van der Waals surface area contributed by atoms with Gasteiger partial charge in [0.2, 0.25) is 11.8 Å². The van der Waals surface area contributed by atoms with E-state index in [4.69, 9.17) is 0 Å². The number of nitrogens with one attached hydrogen (secondary N) is 2. The molecule has 3 N–H and O–H groups in total. The summed E-state index contributed by atoms with van der Waals surface area (Å²) in [6.07, 6.45) is 2.46. The number of likely N-dealkylation sites (N-methyl/N-ethyl adjacent to an activating group) is 1. The Morgan fingerprint density at radius 2 is 1.30 bits per heavy atom. The van der Waals surface area contributed by atoms with Crippen LogP contribution in [0.5, 0.6) is 0 Å². The third kappa shape index (κ3) is 9.83. The first-order chi connectivity index (χ1) is 21.0. The van der Waals surface area contributed by atoms with Crippen LogP contribution in [0, 0.1) is 0 Å². The van der Waals surface area contributed by atoms with Gasteiger partial charge in [-0.15, -0.1) is 22.7 Å². The van der Waals surface area contributed by atoms with Crippen molar-refractivity contribution in [2.24, 2.45) is 0 Å². The Hall–Kier alpha value is -1.88. The van der Waals surface area contributed by atoms with Crippen LogP contribution in [0.3, 0.4) is 0 Å². The Kier molecular flexibility index (Phi) is 13.6. The van der Waals surface area contributed by atoms with E-state index >= 15 is 0 Å². The molecule has 0 aromatic carbocycles. The second-order valence-electron chi connectivity index (χ2n) is 15.7. The molecule has 1 unspecified atom stereocenters. The van der Waals surface area contributed by atoms with Crippen molar-refractivity contribution in [1.82, 2.24) is 10.6 Å². The summed E-state index contributed by atoms with van der Waals surface area (Å²) in [5.41, 5.74) is 1.44. The molecule has 1 atom stereocenters. The molecule has 0 aliphatic heterocycles. The third-order valence-corrected chi connectivity index (χ3v) is 13.8. The van der Waals surface area contributed by atoms with Crippen LogP contribution in [0.2, 0.25) is 0 Å². The number of carboxylic acids is 1. The van der Waals surface area contributed by atoms with Crippen molar-refractivity contribution in [2.45, 2.75) is 117 Å². The molecule has 0 bridgehead atoms. The maximum atomic E-state index is 13.3. The van der Waals surface area contributed by atoms with Gasteiger partial charge in [0.1, 0.15) is 0 Å². The Labute approximate surface area is 291 Å². The number of carbonyl (C=O) groups excluding carboxylic acids is 2. The fraction of sp³-hybridized carbons (Fsp3) is 0.694. The third-order valence-electron chi connectivity index (χ3n) is 9.80. The smallest absolute Gasteiger partial charge is 0.359 e. The highest BCUT2D eigenvalue weighted by Crippen LogP contribution is 2.53. The van der Waals surface area contributed by atoms with Gasteiger partial charge in [-0.25, -0.2) is 4.79 Å². The zero-order valence-electron chi connectivity index (χ0n) is 30.4. The molecule has 2 aromatic heterocycles. The summed E-state index contributed by atoms with van der Waals surface area (Å²) in [7, 11) is 3.72. The van der Waals surface area contributed by atoms with E-state index in [0.717, 1.165) is 24.0 Å². The molecule has 46 heavy (non-hydrogen) atoms. The number of carboxylic acid groups (broad SMARTS) is 1. The fourth-order valence-corrected chi connectivity index (χ4v) is 9.08. The van der Waals surface area contributed by atoms with Crippen molar-refractivity contribution in [3.8, 4) is 0 Å². The summed E-state index contributed by atoms with van der Waals surface area (Å²) in [6.45, 7) is 24.1. The van der Waals surface area contributed by atoms with Crippen molar-refractivity contribution in [3.63, 3.8) is 0 Å². The molecule has 0 fully saturated rings. The molecule has 0 saturated heterocycles. The first kappa shape index (κ1) is 40.3. The standard InChI is InChI=1S/C36H59N3O4S3/c1-13-34(6,7)31-24(21-28(40)37-15-17-39(11,12)23-30(42)43)20-27(46-31)35(8,9)36(10,14-2)32-25(22-29(41)38-16-18-44)19-26(45-32)33(3,4)5/h19-20H,13-18,21-23H2,1-12H3,(H3-,37,38,40,41,42,43,44)/p+1. The van der Waals surface area contributed by atoms with Crippen LogP contribution in [0.15, 0.2) is 12.1 Å². The van der Waals surface area contributed by atoms with Gasteiger partial charge in [-0.1, -0.05) is 69.2 Å². The number of thiophene rings is 2. The molecule has 10 heteroatoms. The summed E-state index contributed by atoms with van der Waals surface area (Å²) in [5.74, 6) is -0.277. The van der Waals surface area contributed by atoms with E-state index in [1.807, 2.05) is 36.8 Å².